The molecule has 0 bridgehead atoms. The average Bonchev–Trinajstić information content (AvgIpc) is 3.24. The Balaban J connectivity index is 1.60. The molecule has 0 spiro atoms. The van der Waals surface area contributed by atoms with Crippen LogP contribution < -0.4 is 0 Å². The van der Waals surface area contributed by atoms with E-state index in [0.717, 1.165) is 11.3 Å². The first-order valence-electron chi connectivity index (χ1n) is 8.63. The molecule has 0 atom stereocenters. The van der Waals surface area contributed by atoms with Gasteiger partial charge in [0, 0.05) is 24.0 Å². The highest BCUT2D eigenvalue weighted by molar-refractivity contribution is 6.31. The van der Waals surface area contributed by atoms with Crippen LogP contribution in [0.2, 0.25) is 5.15 Å². The van der Waals surface area contributed by atoms with Crippen LogP contribution in [0.1, 0.15) is 22.4 Å². The highest BCUT2D eigenvalue weighted by atomic mass is 35.5. The first kappa shape index (κ1) is 18.9. The monoisotopic (exact) mass is 384 g/mol. The molecule has 0 saturated heterocycles. The van der Waals surface area contributed by atoms with Gasteiger partial charge in [-0.25, -0.2) is 9.48 Å². The molecule has 0 aliphatic heterocycles. The van der Waals surface area contributed by atoms with Gasteiger partial charge < -0.3 is 4.74 Å². The van der Waals surface area contributed by atoms with E-state index in [0.29, 0.717) is 23.8 Å². The van der Waals surface area contributed by atoms with Crippen molar-refractivity contribution < 1.29 is 9.53 Å². The zero-order valence-corrected chi connectivity index (χ0v) is 16.1. The summed E-state index contributed by atoms with van der Waals surface area (Å²) in [5.41, 5.74) is 3.79. The van der Waals surface area contributed by atoms with E-state index in [1.165, 1.54) is 11.6 Å². The van der Waals surface area contributed by atoms with Gasteiger partial charge in [-0.05, 0) is 31.6 Å². The lowest BCUT2D eigenvalue weighted by Crippen LogP contribution is -2.09. The summed E-state index contributed by atoms with van der Waals surface area (Å²) in [6.07, 6.45) is 6.51. The third kappa shape index (κ3) is 5.08. The van der Waals surface area contributed by atoms with Crippen molar-refractivity contribution in [3.8, 4) is 0 Å². The van der Waals surface area contributed by atoms with Crippen LogP contribution in [0.4, 0.5) is 0 Å². The number of aromatic nitrogens is 4. The fourth-order valence-corrected chi connectivity index (χ4v) is 2.90. The molecule has 6 nitrogen and oxygen atoms in total. The van der Waals surface area contributed by atoms with Crippen LogP contribution in [0.3, 0.4) is 0 Å². The van der Waals surface area contributed by atoms with Gasteiger partial charge in [-0.15, -0.1) is 0 Å². The van der Waals surface area contributed by atoms with Gasteiger partial charge in [-0.3, -0.25) is 4.68 Å². The fourth-order valence-electron chi connectivity index (χ4n) is 2.60. The predicted octanol–water partition coefficient (Wildman–Crippen LogP) is 3.65. The third-order valence-electron chi connectivity index (χ3n) is 4.07. The molecule has 3 aromatic rings. The van der Waals surface area contributed by atoms with Crippen LogP contribution in [0.15, 0.2) is 48.8 Å². The summed E-state index contributed by atoms with van der Waals surface area (Å²) >= 11 is 6.45. The van der Waals surface area contributed by atoms with Crippen molar-refractivity contribution in [3.05, 3.63) is 76.3 Å². The van der Waals surface area contributed by atoms with Crippen molar-refractivity contribution in [1.29, 1.82) is 0 Å². The van der Waals surface area contributed by atoms with Gasteiger partial charge in [0.15, 0.2) is 0 Å². The molecule has 0 saturated carbocycles. The molecule has 140 valence electrons. The Kier molecular flexibility index (Phi) is 6.08. The molecule has 0 amide bonds. The summed E-state index contributed by atoms with van der Waals surface area (Å²) in [5.74, 6) is -0.427. The number of nitrogens with zero attached hydrogens (tertiary/aromatic N) is 4. The number of benzene rings is 1. The minimum absolute atomic E-state index is 0.254. The molecule has 0 N–H and O–H groups in total. The number of hydrogen-bond donors (Lipinski definition) is 0. The van der Waals surface area contributed by atoms with Crippen LogP contribution in [0.25, 0.3) is 6.08 Å². The first-order valence-corrected chi connectivity index (χ1v) is 9.01. The van der Waals surface area contributed by atoms with Crippen molar-refractivity contribution >= 4 is 23.6 Å². The lowest BCUT2D eigenvalue weighted by atomic mass is 10.1. The van der Waals surface area contributed by atoms with Crippen molar-refractivity contribution in [2.45, 2.75) is 26.9 Å². The van der Waals surface area contributed by atoms with Crippen molar-refractivity contribution in [2.75, 3.05) is 6.61 Å². The molecule has 0 radical (unpaired) electrons. The number of rotatable bonds is 7. The largest absolute Gasteiger partial charge is 0.461 e. The number of aryl methyl sites for hydroxylation is 2. The Labute approximate surface area is 163 Å². The van der Waals surface area contributed by atoms with Crippen molar-refractivity contribution in [2.24, 2.45) is 0 Å². The van der Waals surface area contributed by atoms with E-state index in [2.05, 4.69) is 34.5 Å². The molecule has 1 aromatic carbocycles. The summed E-state index contributed by atoms with van der Waals surface area (Å²) in [7, 11) is 0. The topological polar surface area (TPSA) is 61.9 Å². The maximum Gasteiger partial charge on any atom is 0.330 e. The minimum atomic E-state index is -0.427. The van der Waals surface area contributed by atoms with Gasteiger partial charge in [0.2, 0.25) is 0 Å². The SMILES string of the molecule is Cc1ccc(Cn2nc(C)c(/C=C/C(=O)OCCn3cccn3)c2Cl)cc1. The number of halogens is 1. The number of esters is 1. The zero-order chi connectivity index (χ0) is 19.2. The van der Waals surface area contributed by atoms with Crippen LogP contribution in [0, 0.1) is 13.8 Å². The quantitative estimate of drug-likeness (QED) is 0.460. The summed E-state index contributed by atoms with van der Waals surface area (Å²) in [5, 5.41) is 9.02. The van der Waals surface area contributed by atoms with E-state index in [9.17, 15) is 4.79 Å². The lowest BCUT2D eigenvalue weighted by Gasteiger charge is -2.04. The van der Waals surface area contributed by atoms with Crippen LogP contribution in [-0.2, 0) is 22.6 Å². The normalized spacial score (nSPS) is 11.2. The standard InChI is InChI=1S/C20H21ClN4O2/c1-15-4-6-17(7-5-15)14-25-20(21)18(16(2)23-25)8-9-19(26)27-13-12-24-11-3-10-22-24/h3-11H,12-14H2,1-2H3/b9-8+. The van der Waals surface area contributed by atoms with Gasteiger partial charge >= 0.3 is 5.97 Å². The van der Waals surface area contributed by atoms with Crippen LogP contribution in [-0.4, -0.2) is 32.1 Å². The molecule has 0 aliphatic rings. The number of hydrogen-bond acceptors (Lipinski definition) is 4. The van der Waals surface area contributed by atoms with E-state index >= 15 is 0 Å². The summed E-state index contributed by atoms with van der Waals surface area (Å²) in [4.78, 5) is 11.9. The Bertz CT molecular complexity index is 928. The van der Waals surface area contributed by atoms with Crippen molar-refractivity contribution in [3.63, 3.8) is 0 Å². The molecule has 0 fully saturated rings. The maximum absolute atomic E-state index is 11.9. The molecule has 0 aliphatic carbocycles. The van der Waals surface area contributed by atoms with Crippen LogP contribution >= 0.6 is 11.6 Å². The molecule has 2 aromatic heterocycles. The third-order valence-corrected chi connectivity index (χ3v) is 4.47. The highest BCUT2D eigenvalue weighted by Gasteiger charge is 2.12. The predicted molar refractivity (Wildman–Crippen MR) is 104 cm³/mol. The minimum Gasteiger partial charge on any atom is -0.461 e. The number of carbonyl (C=O) groups is 1. The Hall–Kier alpha value is -2.86. The van der Waals surface area contributed by atoms with Gasteiger partial charge in [0.1, 0.15) is 11.8 Å². The van der Waals surface area contributed by atoms with E-state index in [4.69, 9.17) is 16.3 Å². The lowest BCUT2D eigenvalue weighted by molar-refractivity contribution is -0.138. The fraction of sp³-hybridized carbons (Fsp3) is 0.250. The summed E-state index contributed by atoms with van der Waals surface area (Å²) in [6, 6.07) is 10.0. The van der Waals surface area contributed by atoms with E-state index in [1.54, 1.807) is 21.6 Å². The molecule has 2 heterocycles. The molecule has 27 heavy (non-hydrogen) atoms. The van der Waals surface area contributed by atoms with Gasteiger partial charge in [0.25, 0.3) is 0 Å². The van der Waals surface area contributed by atoms with Gasteiger partial charge in [0.05, 0.1) is 18.8 Å². The molecular weight excluding hydrogens is 364 g/mol. The van der Waals surface area contributed by atoms with Crippen molar-refractivity contribution in [1.82, 2.24) is 19.6 Å². The zero-order valence-electron chi connectivity index (χ0n) is 15.3. The average molecular weight is 385 g/mol. The summed E-state index contributed by atoms with van der Waals surface area (Å²) < 4.78 is 8.60. The van der Waals surface area contributed by atoms with E-state index < -0.39 is 5.97 Å². The van der Waals surface area contributed by atoms with Gasteiger partial charge in [-0.1, -0.05) is 41.4 Å². The molecule has 0 unspecified atom stereocenters. The van der Waals surface area contributed by atoms with E-state index in [1.807, 2.05) is 26.1 Å². The Morgan fingerprint density at radius 2 is 2.04 bits per heavy atom. The molecule has 3 rings (SSSR count). The number of carbonyl (C=O) groups excluding carboxylic acids is 1. The van der Waals surface area contributed by atoms with Crippen LogP contribution in [0.5, 0.6) is 0 Å². The highest BCUT2D eigenvalue weighted by Crippen LogP contribution is 2.22. The second kappa shape index (κ2) is 8.68. The second-order valence-corrected chi connectivity index (χ2v) is 6.56. The van der Waals surface area contributed by atoms with Gasteiger partial charge in [-0.2, -0.15) is 10.2 Å². The van der Waals surface area contributed by atoms with E-state index in [-0.39, 0.29) is 6.61 Å². The molecule has 7 heteroatoms. The maximum atomic E-state index is 11.9. The Morgan fingerprint density at radius 1 is 1.26 bits per heavy atom. The summed E-state index contributed by atoms with van der Waals surface area (Å²) in [6.45, 7) is 5.25. The Morgan fingerprint density at radius 3 is 2.74 bits per heavy atom. The molecular formula is C20H21ClN4O2. The number of ether oxygens (including phenoxy) is 1. The second-order valence-electron chi connectivity index (χ2n) is 6.20. The smallest absolute Gasteiger partial charge is 0.330 e. The first-order chi connectivity index (χ1) is 13.0.